The SMILES string of the molecule is C.C.CC.CC.CC.CC.CC.CC.CC.CC.CC.CC.CC.CC.CC.CC.CC.CC.Cc1ccccc1.Cc1cccnc1.Cc1ccn(C)c1.Cc1ccncc1.Cc1ccsc1.Cc1cn[nH]c1.Cc1cncnc1.Cc1cnoc1. The molecule has 0 aliphatic heterocycles. The van der Waals surface area contributed by atoms with E-state index in [9.17, 15) is 0 Å². The van der Waals surface area contributed by atoms with Gasteiger partial charge in [0, 0.05) is 68.4 Å². The first-order valence-electron chi connectivity index (χ1n) is 32.9. The molecule has 0 fully saturated rings. The second kappa shape index (κ2) is 159. The molecular weight excluding hydrogens is 1080 g/mol. The molecule has 0 saturated heterocycles. The molecule has 1 aromatic carbocycles. The smallest absolute Gasteiger partial charge is 0.126 e. The fourth-order valence-corrected chi connectivity index (χ4v) is 4.00. The number of hydrogen-bond donors (Lipinski definition) is 1. The highest BCUT2D eigenvalue weighted by atomic mass is 32.1. The molecule has 0 aliphatic rings. The fourth-order valence-electron chi connectivity index (χ4n) is 3.33. The fraction of sp³-hybridized carbons (Fsp3) is 0.558. The quantitative estimate of drug-likeness (QED) is 0.161. The maximum atomic E-state index is 4.46. The van der Waals surface area contributed by atoms with Crippen molar-refractivity contribution in [1.82, 2.24) is 39.9 Å². The third-order valence-corrected chi connectivity index (χ3v) is 6.92. The molecule has 7 heterocycles. The van der Waals surface area contributed by atoms with Crippen LogP contribution in [0.3, 0.4) is 0 Å². The molecular formula is C77H158N8OS. The number of aromatic nitrogens is 8. The van der Waals surface area contributed by atoms with Gasteiger partial charge in [0.1, 0.15) is 12.6 Å². The Morgan fingerprint density at radius 1 is 0.356 bits per heavy atom. The van der Waals surface area contributed by atoms with Crippen molar-refractivity contribution < 1.29 is 4.52 Å². The van der Waals surface area contributed by atoms with Crippen LogP contribution >= 0.6 is 11.3 Å². The number of hydrogen-bond acceptors (Lipinski definition) is 8. The molecule has 7 aromatic heterocycles. The van der Waals surface area contributed by atoms with Crippen LogP contribution in [0, 0.1) is 55.4 Å². The van der Waals surface area contributed by atoms with Crippen molar-refractivity contribution in [3.8, 4) is 0 Å². The number of thiophene rings is 1. The summed E-state index contributed by atoms with van der Waals surface area (Å²) in [7, 11) is 2.02. The molecule has 9 nitrogen and oxygen atoms in total. The van der Waals surface area contributed by atoms with E-state index in [1.54, 1.807) is 61.0 Å². The molecule has 0 aliphatic carbocycles. The Morgan fingerprint density at radius 2 is 0.759 bits per heavy atom. The Morgan fingerprint density at radius 3 is 0.897 bits per heavy atom. The minimum atomic E-state index is 0. The lowest BCUT2D eigenvalue weighted by Crippen LogP contribution is -1.76. The standard InChI is InChI=1S/C7H8.C6H9N.2C6H7N.C5H6N2.C5H6S.C4H6N2.C4H5NO.16C2H6.2CH4/c1-7-5-3-2-4-6-7;1-6-3-4-7(2)5-6;1-6-2-4-7-5-3-6;1-6-3-2-4-7-5-6;1-5-2-6-4-7-3-5;1-5-2-3-6-4-5;2*1-4-2-5-6-3-4;16*1-2;;/h2-6H,1H3;3-5H,1-2H3;2*2-5H,1H3;2-4H,1H3;2-4H,1H3;2-3H,1H3,(H,5,6);2-3H,1H3;16*1-2H3;2*1H4. The molecule has 0 amide bonds. The third kappa shape index (κ3) is 155. The van der Waals surface area contributed by atoms with Crippen LogP contribution in [0.1, 0.15) is 281 Å². The highest BCUT2D eigenvalue weighted by Crippen LogP contribution is 2.01. The predicted molar refractivity (Wildman–Crippen MR) is 415 cm³/mol. The Balaban J connectivity index is -0.0000000366. The maximum Gasteiger partial charge on any atom is 0.126 e. The van der Waals surface area contributed by atoms with E-state index >= 15 is 0 Å². The molecule has 10 heteroatoms. The summed E-state index contributed by atoms with van der Waals surface area (Å²) in [5.74, 6) is 0. The molecule has 1 N–H and O–H groups in total. The van der Waals surface area contributed by atoms with Crippen LogP contribution in [0.15, 0.2) is 163 Å². The van der Waals surface area contributed by atoms with Gasteiger partial charge in [-0.05, 0) is 130 Å². The third-order valence-electron chi connectivity index (χ3n) is 6.12. The van der Waals surface area contributed by atoms with E-state index in [-0.39, 0.29) is 14.9 Å². The normalized spacial score (nSPS) is 6.49. The van der Waals surface area contributed by atoms with Gasteiger partial charge >= 0.3 is 0 Å². The van der Waals surface area contributed by atoms with Crippen molar-refractivity contribution in [2.75, 3.05) is 0 Å². The van der Waals surface area contributed by atoms with Crippen LogP contribution in [0.4, 0.5) is 0 Å². The Hall–Kier alpha value is -6.00. The van der Waals surface area contributed by atoms with Gasteiger partial charge in [-0.3, -0.25) is 15.1 Å². The van der Waals surface area contributed by atoms with Crippen LogP contribution in [0.5, 0.6) is 0 Å². The summed E-state index contributed by atoms with van der Waals surface area (Å²) in [6, 6.07) is 22.3. The summed E-state index contributed by atoms with van der Waals surface area (Å²) in [6.07, 6.45) is 23.2. The summed E-state index contributed by atoms with van der Waals surface area (Å²) < 4.78 is 6.50. The lowest BCUT2D eigenvalue weighted by molar-refractivity contribution is 0.419. The zero-order chi connectivity index (χ0) is 70.9. The van der Waals surface area contributed by atoms with Crippen LogP contribution in [0.25, 0.3) is 0 Å². The number of nitrogens with zero attached hydrogens (tertiary/aromatic N) is 7. The molecule has 0 radical (unpaired) electrons. The van der Waals surface area contributed by atoms with Crippen molar-refractivity contribution in [3.63, 3.8) is 0 Å². The van der Waals surface area contributed by atoms with Crippen LogP contribution in [-0.2, 0) is 7.05 Å². The maximum absolute atomic E-state index is 4.46. The molecule has 0 saturated carbocycles. The molecule has 8 rings (SSSR count). The van der Waals surface area contributed by atoms with Crippen LogP contribution in [0.2, 0.25) is 0 Å². The molecule has 518 valence electrons. The first-order valence-corrected chi connectivity index (χ1v) is 33.8. The number of aryl methyl sites for hydroxylation is 9. The van der Waals surface area contributed by atoms with Gasteiger partial charge in [-0.25, -0.2) is 9.97 Å². The van der Waals surface area contributed by atoms with Gasteiger partial charge in [-0.1, -0.05) is 284 Å². The first-order chi connectivity index (χ1) is 41.5. The van der Waals surface area contributed by atoms with E-state index in [0.29, 0.717) is 0 Å². The Labute approximate surface area is 554 Å². The number of pyridine rings is 2. The summed E-state index contributed by atoms with van der Waals surface area (Å²) in [5, 5.41) is 14.0. The highest BCUT2D eigenvalue weighted by Gasteiger charge is 1.81. The number of aromatic amines is 1. The molecule has 0 unspecified atom stereocenters. The Bertz CT molecular complexity index is 1640. The lowest BCUT2D eigenvalue weighted by atomic mass is 10.2. The van der Waals surface area contributed by atoms with Gasteiger partial charge in [0.2, 0.25) is 0 Å². The average molecular weight is 1240 g/mol. The minimum Gasteiger partial charge on any atom is -0.365 e. The van der Waals surface area contributed by atoms with E-state index in [1.807, 2.05) is 329 Å². The minimum absolute atomic E-state index is 0. The zero-order valence-electron chi connectivity index (χ0n) is 64.5. The monoisotopic (exact) mass is 1240 g/mol. The largest absolute Gasteiger partial charge is 0.365 e. The van der Waals surface area contributed by atoms with Gasteiger partial charge < -0.3 is 9.09 Å². The van der Waals surface area contributed by atoms with Gasteiger partial charge in [0.15, 0.2) is 0 Å². The first kappa shape index (κ1) is 131. The average Bonchev–Trinajstić information content (AvgIpc) is 4.49. The van der Waals surface area contributed by atoms with E-state index in [0.717, 1.165) is 11.1 Å². The van der Waals surface area contributed by atoms with E-state index < -0.39 is 0 Å². The number of H-pyrrole nitrogens is 1. The second-order valence-corrected chi connectivity index (χ2v) is 12.5. The lowest BCUT2D eigenvalue weighted by Gasteiger charge is -1.82. The zero-order valence-corrected chi connectivity index (χ0v) is 65.3. The van der Waals surface area contributed by atoms with E-state index in [1.165, 1.54) is 39.7 Å². The second-order valence-electron chi connectivity index (χ2n) is 11.8. The predicted octanol–water partition coefficient (Wildman–Crippen LogP) is 28.3. The molecule has 0 atom stereocenters. The van der Waals surface area contributed by atoms with Gasteiger partial charge in [-0.15, -0.1) is 0 Å². The summed E-state index contributed by atoms with van der Waals surface area (Å²) >= 11 is 1.74. The van der Waals surface area contributed by atoms with E-state index in [2.05, 4.69) is 102 Å². The molecule has 87 heavy (non-hydrogen) atoms. The van der Waals surface area contributed by atoms with Gasteiger partial charge in [-0.2, -0.15) is 16.4 Å². The van der Waals surface area contributed by atoms with E-state index in [4.69, 9.17) is 0 Å². The number of nitrogens with one attached hydrogen (secondary N) is 1. The number of rotatable bonds is 0. The number of benzene rings is 1. The van der Waals surface area contributed by atoms with Gasteiger partial charge in [0.05, 0.1) is 12.4 Å². The molecule has 0 bridgehead atoms. The topological polar surface area (TPSA) is 111 Å². The van der Waals surface area contributed by atoms with Crippen molar-refractivity contribution in [1.29, 1.82) is 0 Å². The molecule has 8 aromatic rings. The van der Waals surface area contributed by atoms with Crippen molar-refractivity contribution >= 4 is 11.3 Å². The van der Waals surface area contributed by atoms with Crippen molar-refractivity contribution in [2.45, 2.75) is 292 Å². The summed E-state index contributed by atoms with van der Waals surface area (Å²) in [5.41, 5.74) is 9.81. The van der Waals surface area contributed by atoms with Crippen LogP contribution < -0.4 is 0 Å². The van der Waals surface area contributed by atoms with Crippen molar-refractivity contribution in [2.24, 2.45) is 7.05 Å². The van der Waals surface area contributed by atoms with Crippen LogP contribution in [-0.4, -0.2) is 39.9 Å². The highest BCUT2D eigenvalue weighted by molar-refractivity contribution is 7.07. The summed E-state index contributed by atoms with van der Waals surface area (Å²) in [6.45, 7) is 80.2. The Kier molecular flexibility index (Phi) is 239. The van der Waals surface area contributed by atoms with Gasteiger partial charge in [0.25, 0.3) is 0 Å². The molecule has 0 spiro atoms. The summed E-state index contributed by atoms with van der Waals surface area (Å²) in [4.78, 5) is 15.3. The van der Waals surface area contributed by atoms with Crippen molar-refractivity contribution in [3.05, 3.63) is 203 Å².